The Morgan fingerprint density at radius 3 is 2.73 bits per heavy atom. The van der Waals surface area contributed by atoms with E-state index in [9.17, 15) is 4.39 Å². The van der Waals surface area contributed by atoms with Gasteiger partial charge >= 0.3 is 0 Å². The summed E-state index contributed by atoms with van der Waals surface area (Å²) < 4.78 is 18.6. The molecular formula is C12H16FNO. The zero-order valence-electron chi connectivity index (χ0n) is 8.87. The molecule has 0 radical (unpaired) electrons. The van der Waals surface area contributed by atoms with E-state index in [1.807, 2.05) is 6.92 Å². The van der Waals surface area contributed by atoms with Crippen LogP contribution in [0.15, 0.2) is 24.3 Å². The summed E-state index contributed by atoms with van der Waals surface area (Å²) in [4.78, 5) is 0. The van der Waals surface area contributed by atoms with Gasteiger partial charge in [-0.1, -0.05) is 12.1 Å². The lowest BCUT2D eigenvalue weighted by molar-refractivity contribution is 0.00826. The summed E-state index contributed by atoms with van der Waals surface area (Å²) in [5.41, 5.74) is 1.03. The molecule has 1 saturated heterocycles. The molecule has 1 aromatic carbocycles. The van der Waals surface area contributed by atoms with E-state index < -0.39 is 0 Å². The Morgan fingerprint density at radius 2 is 2.13 bits per heavy atom. The molecule has 2 rings (SSSR count). The Kier molecular flexibility index (Phi) is 3.34. The summed E-state index contributed by atoms with van der Waals surface area (Å²) in [6, 6.07) is 6.51. The largest absolute Gasteiger partial charge is 0.369 e. The molecule has 1 aromatic rings. The van der Waals surface area contributed by atoms with Crippen molar-refractivity contribution in [2.24, 2.45) is 0 Å². The highest BCUT2D eigenvalue weighted by Crippen LogP contribution is 2.20. The van der Waals surface area contributed by atoms with Gasteiger partial charge in [0.2, 0.25) is 0 Å². The maximum Gasteiger partial charge on any atom is 0.123 e. The van der Waals surface area contributed by atoms with Gasteiger partial charge in [0.05, 0.1) is 12.2 Å². The van der Waals surface area contributed by atoms with Crippen LogP contribution in [0, 0.1) is 5.82 Å². The number of hydrogen-bond acceptors (Lipinski definition) is 2. The van der Waals surface area contributed by atoms with Gasteiger partial charge in [0.15, 0.2) is 0 Å². The molecule has 2 atom stereocenters. The molecule has 82 valence electrons. The third kappa shape index (κ3) is 2.76. The Bertz CT molecular complexity index is 306. The van der Waals surface area contributed by atoms with Crippen LogP contribution in [0.1, 0.15) is 25.0 Å². The second-order valence-electron chi connectivity index (χ2n) is 3.94. The Balaban J connectivity index is 1.94. The first-order valence-corrected chi connectivity index (χ1v) is 5.37. The first kappa shape index (κ1) is 10.6. The van der Waals surface area contributed by atoms with E-state index in [2.05, 4.69) is 5.32 Å². The predicted molar refractivity (Wildman–Crippen MR) is 57.2 cm³/mol. The van der Waals surface area contributed by atoms with Gasteiger partial charge in [-0.15, -0.1) is 0 Å². The molecule has 1 aliphatic rings. The van der Waals surface area contributed by atoms with Crippen molar-refractivity contribution in [2.45, 2.75) is 25.6 Å². The molecule has 1 aliphatic heterocycles. The van der Waals surface area contributed by atoms with E-state index in [0.29, 0.717) is 6.10 Å². The van der Waals surface area contributed by atoms with Crippen molar-refractivity contribution < 1.29 is 9.13 Å². The van der Waals surface area contributed by atoms with Crippen LogP contribution < -0.4 is 5.32 Å². The minimum atomic E-state index is -0.200. The smallest absolute Gasteiger partial charge is 0.123 e. The molecule has 1 N–H and O–H groups in total. The van der Waals surface area contributed by atoms with Crippen molar-refractivity contribution in [3.05, 3.63) is 35.6 Å². The van der Waals surface area contributed by atoms with E-state index in [4.69, 9.17) is 4.74 Å². The fourth-order valence-corrected chi connectivity index (χ4v) is 1.85. The van der Waals surface area contributed by atoms with E-state index in [-0.39, 0.29) is 11.9 Å². The summed E-state index contributed by atoms with van der Waals surface area (Å²) in [6.07, 6.45) is 1.39. The molecule has 0 amide bonds. The molecule has 0 aromatic heterocycles. The van der Waals surface area contributed by atoms with Gasteiger partial charge in [-0.2, -0.15) is 0 Å². The minimum Gasteiger partial charge on any atom is -0.369 e. The van der Waals surface area contributed by atoms with Gasteiger partial charge in [-0.25, -0.2) is 4.39 Å². The Morgan fingerprint density at radius 1 is 1.40 bits per heavy atom. The van der Waals surface area contributed by atoms with Crippen LogP contribution in [0.3, 0.4) is 0 Å². The maximum absolute atomic E-state index is 12.7. The van der Waals surface area contributed by atoms with Crippen LogP contribution in [0.2, 0.25) is 0 Å². The van der Waals surface area contributed by atoms with Crippen LogP contribution in [0.25, 0.3) is 0 Å². The molecule has 0 bridgehead atoms. The van der Waals surface area contributed by atoms with Gasteiger partial charge in [-0.05, 0) is 37.6 Å². The van der Waals surface area contributed by atoms with Gasteiger partial charge in [-0.3, -0.25) is 0 Å². The standard InChI is InChI=1S/C12H16FNO/c1-9(15-12-6-7-14-8-12)10-2-4-11(13)5-3-10/h2-5,9,12,14H,6-8H2,1H3/t9-,12-/m1/s1. The zero-order valence-corrected chi connectivity index (χ0v) is 8.87. The van der Waals surface area contributed by atoms with Crippen molar-refractivity contribution in [2.75, 3.05) is 13.1 Å². The number of benzene rings is 1. The first-order valence-electron chi connectivity index (χ1n) is 5.37. The van der Waals surface area contributed by atoms with Crippen molar-refractivity contribution in [3.63, 3.8) is 0 Å². The van der Waals surface area contributed by atoms with Crippen LogP contribution in [0.5, 0.6) is 0 Å². The van der Waals surface area contributed by atoms with E-state index in [1.165, 1.54) is 12.1 Å². The van der Waals surface area contributed by atoms with E-state index in [1.54, 1.807) is 12.1 Å². The third-order valence-electron chi connectivity index (χ3n) is 2.75. The molecule has 0 unspecified atom stereocenters. The quantitative estimate of drug-likeness (QED) is 0.824. The highest BCUT2D eigenvalue weighted by atomic mass is 19.1. The van der Waals surface area contributed by atoms with Gasteiger partial charge < -0.3 is 10.1 Å². The monoisotopic (exact) mass is 209 g/mol. The lowest BCUT2D eigenvalue weighted by Gasteiger charge is -2.18. The predicted octanol–water partition coefficient (Wildman–Crippen LogP) is 2.27. The van der Waals surface area contributed by atoms with Crippen LogP contribution in [0.4, 0.5) is 4.39 Å². The fourth-order valence-electron chi connectivity index (χ4n) is 1.85. The minimum absolute atomic E-state index is 0.0375. The number of hydrogen-bond donors (Lipinski definition) is 1. The topological polar surface area (TPSA) is 21.3 Å². The normalized spacial score (nSPS) is 22.9. The van der Waals surface area contributed by atoms with Crippen molar-refractivity contribution in [1.82, 2.24) is 5.32 Å². The summed E-state index contributed by atoms with van der Waals surface area (Å²) in [5, 5.41) is 3.25. The number of rotatable bonds is 3. The average molecular weight is 209 g/mol. The van der Waals surface area contributed by atoms with Gasteiger partial charge in [0.25, 0.3) is 0 Å². The second kappa shape index (κ2) is 4.73. The van der Waals surface area contributed by atoms with Crippen molar-refractivity contribution in [3.8, 4) is 0 Å². The molecule has 1 fully saturated rings. The molecule has 0 saturated carbocycles. The Labute approximate surface area is 89.4 Å². The summed E-state index contributed by atoms with van der Waals surface area (Å²) >= 11 is 0. The lowest BCUT2D eigenvalue weighted by atomic mass is 10.1. The SMILES string of the molecule is C[C@@H](O[C@@H]1CCNC1)c1ccc(F)cc1. The zero-order chi connectivity index (χ0) is 10.7. The van der Waals surface area contributed by atoms with Crippen molar-refractivity contribution in [1.29, 1.82) is 0 Å². The molecule has 0 spiro atoms. The first-order chi connectivity index (χ1) is 7.25. The molecular weight excluding hydrogens is 193 g/mol. The molecule has 2 nitrogen and oxygen atoms in total. The lowest BCUT2D eigenvalue weighted by Crippen LogP contribution is -2.18. The fraction of sp³-hybridized carbons (Fsp3) is 0.500. The van der Waals surface area contributed by atoms with Crippen LogP contribution in [-0.2, 0) is 4.74 Å². The average Bonchev–Trinajstić information content (AvgIpc) is 2.71. The van der Waals surface area contributed by atoms with E-state index in [0.717, 1.165) is 25.1 Å². The summed E-state index contributed by atoms with van der Waals surface area (Å²) in [5.74, 6) is -0.200. The van der Waals surface area contributed by atoms with Crippen molar-refractivity contribution >= 4 is 0 Å². The van der Waals surface area contributed by atoms with Crippen LogP contribution in [-0.4, -0.2) is 19.2 Å². The van der Waals surface area contributed by atoms with Gasteiger partial charge in [0, 0.05) is 6.54 Å². The highest BCUT2D eigenvalue weighted by molar-refractivity contribution is 5.18. The van der Waals surface area contributed by atoms with E-state index >= 15 is 0 Å². The molecule has 0 aliphatic carbocycles. The van der Waals surface area contributed by atoms with Gasteiger partial charge in [0.1, 0.15) is 5.82 Å². The molecule has 1 heterocycles. The second-order valence-corrected chi connectivity index (χ2v) is 3.94. The molecule has 15 heavy (non-hydrogen) atoms. The summed E-state index contributed by atoms with van der Waals surface area (Å²) in [7, 11) is 0. The number of nitrogens with one attached hydrogen (secondary N) is 1. The summed E-state index contributed by atoms with van der Waals surface area (Å²) in [6.45, 7) is 3.96. The maximum atomic E-state index is 12.7. The number of ether oxygens (including phenoxy) is 1. The molecule has 3 heteroatoms. The third-order valence-corrected chi connectivity index (χ3v) is 2.75. The van der Waals surface area contributed by atoms with Crippen LogP contribution >= 0.6 is 0 Å². The Hall–Kier alpha value is -0.930. The number of halogens is 1. The highest BCUT2D eigenvalue weighted by Gasteiger charge is 2.18.